The van der Waals surface area contributed by atoms with Gasteiger partial charge >= 0.3 is 0 Å². The van der Waals surface area contributed by atoms with Crippen LogP contribution < -0.4 is 10.2 Å². The second kappa shape index (κ2) is 7.00. The zero-order chi connectivity index (χ0) is 14.4. The third-order valence-corrected chi connectivity index (χ3v) is 2.87. The summed E-state index contributed by atoms with van der Waals surface area (Å²) >= 11 is 5.91. The molecule has 0 aromatic carbocycles. The van der Waals surface area contributed by atoms with Crippen LogP contribution in [0.3, 0.4) is 0 Å². The Bertz CT molecular complexity index is 548. The van der Waals surface area contributed by atoms with E-state index in [9.17, 15) is 0 Å². The van der Waals surface area contributed by atoms with E-state index in [1.807, 2.05) is 37.1 Å². The molecule has 2 rings (SSSR count). The average Bonchev–Trinajstić information content (AvgIpc) is 2.45. The molecular weight excluding hydrogens is 276 g/mol. The molecule has 1 N–H and O–H groups in total. The molecule has 0 atom stereocenters. The smallest absolute Gasteiger partial charge is 0.231 e. The van der Waals surface area contributed by atoms with Gasteiger partial charge in [-0.25, -0.2) is 0 Å². The largest absolute Gasteiger partial charge is 0.354 e. The number of halogens is 1. The van der Waals surface area contributed by atoms with Crippen molar-refractivity contribution in [2.45, 2.75) is 13.3 Å². The van der Waals surface area contributed by atoms with Crippen molar-refractivity contribution in [1.82, 2.24) is 19.9 Å². The van der Waals surface area contributed by atoms with Crippen LogP contribution in [-0.2, 0) is 6.42 Å². The van der Waals surface area contributed by atoms with Crippen LogP contribution in [-0.4, -0.2) is 40.1 Å². The SMILES string of the molecule is CCNc1nc(Cl)nc(N(C)CCc2ccccn2)n1. The van der Waals surface area contributed by atoms with Gasteiger partial charge in [0.2, 0.25) is 17.2 Å². The van der Waals surface area contributed by atoms with Crippen LogP contribution in [0.1, 0.15) is 12.6 Å². The summed E-state index contributed by atoms with van der Waals surface area (Å²) in [7, 11) is 1.92. The second-order valence-electron chi connectivity index (χ2n) is 4.25. The minimum atomic E-state index is 0.190. The van der Waals surface area contributed by atoms with E-state index in [2.05, 4.69) is 25.3 Å². The lowest BCUT2D eigenvalue weighted by atomic mass is 10.2. The molecule has 0 amide bonds. The predicted molar refractivity (Wildman–Crippen MR) is 80.2 cm³/mol. The fourth-order valence-electron chi connectivity index (χ4n) is 1.68. The second-order valence-corrected chi connectivity index (χ2v) is 4.59. The van der Waals surface area contributed by atoms with Crippen LogP contribution in [0.25, 0.3) is 0 Å². The summed E-state index contributed by atoms with van der Waals surface area (Å²) in [6, 6.07) is 5.88. The zero-order valence-corrected chi connectivity index (χ0v) is 12.3. The lowest BCUT2D eigenvalue weighted by molar-refractivity contribution is 0.813. The standard InChI is InChI=1S/C13H17ClN6/c1-3-15-12-17-11(14)18-13(19-12)20(2)9-7-10-6-4-5-8-16-10/h4-6,8H,3,7,9H2,1-2H3,(H,15,17,18,19). The predicted octanol–water partition coefficient (Wildman–Crippen LogP) is 2.03. The number of aromatic nitrogens is 4. The van der Waals surface area contributed by atoms with Gasteiger partial charge in [0.25, 0.3) is 0 Å². The molecular formula is C13H17ClN6. The van der Waals surface area contributed by atoms with Gasteiger partial charge in [0.05, 0.1) is 0 Å². The van der Waals surface area contributed by atoms with E-state index >= 15 is 0 Å². The number of anilines is 2. The van der Waals surface area contributed by atoms with Gasteiger partial charge in [-0.3, -0.25) is 4.98 Å². The Morgan fingerprint density at radius 3 is 2.80 bits per heavy atom. The maximum atomic E-state index is 5.91. The van der Waals surface area contributed by atoms with Gasteiger partial charge in [-0.05, 0) is 30.7 Å². The number of rotatable bonds is 6. The van der Waals surface area contributed by atoms with Gasteiger partial charge in [-0.2, -0.15) is 15.0 Å². The summed E-state index contributed by atoms with van der Waals surface area (Å²) in [5, 5.41) is 3.22. The minimum absolute atomic E-state index is 0.190. The third-order valence-electron chi connectivity index (χ3n) is 2.70. The van der Waals surface area contributed by atoms with Crippen LogP contribution in [0.15, 0.2) is 24.4 Å². The quantitative estimate of drug-likeness (QED) is 0.879. The van der Waals surface area contributed by atoms with Gasteiger partial charge < -0.3 is 10.2 Å². The number of hydrogen-bond acceptors (Lipinski definition) is 6. The lowest BCUT2D eigenvalue weighted by Crippen LogP contribution is -2.23. The van der Waals surface area contributed by atoms with Crippen LogP contribution in [0, 0.1) is 0 Å². The molecule has 0 bridgehead atoms. The molecule has 0 radical (unpaired) electrons. The van der Waals surface area contributed by atoms with Crippen molar-refractivity contribution in [3.8, 4) is 0 Å². The Morgan fingerprint density at radius 2 is 2.10 bits per heavy atom. The molecule has 7 heteroatoms. The first-order chi connectivity index (χ1) is 9.69. The average molecular weight is 293 g/mol. The van der Waals surface area contributed by atoms with Crippen molar-refractivity contribution < 1.29 is 0 Å². The molecule has 6 nitrogen and oxygen atoms in total. The highest BCUT2D eigenvalue weighted by Gasteiger charge is 2.09. The number of nitrogens with zero attached hydrogens (tertiary/aromatic N) is 5. The number of nitrogens with one attached hydrogen (secondary N) is 1. The van der Waals surface area contributed by atoms with Crippen molar-refractivity contribution >= 4 is 23.5 Å². The molecule has 0 saturated carbocycles. The molecule has 106 valence electrons. The summed E-state index contributed by atoms with van der Waals surface area (Å²) in [5.41, 5.74) is 1.03. The molecule has 0 saturated heterocycles. The Kier molecular flexibility index (Phi) is 5.06. The van der Waals surface area contributed by atoms with E-state index in [-0.39, 0.29) is 5.28 Å². The first-order valence-corrected chi connectivity index (χ1v) is 6.83. The summed E-state index contributed by atoms with van der Waals surface area (Å²) in [6.45, 7) is 3.46. The molecule has 2 heterocycles. The zero-order valence-electron chi connectivity index (χ0n) is 11.5. The highest BCUT2D eigenvalue weighted by molar-refractivity contribution is 6.28. The summed E-state index contributed by atoms with van der Waals surface area (Å²) in [6.07, 6.45) is 2.61. The van der Waals surface area contributed by atoms with E-state index in [1.165, 1.54) is 0 Å². The number of pyridine rings is 1. The minimum Gasteiger partial charge on any atom is -0.354 e. The Hall–Kier alpha value is -1.95. The van der Waals surface area contributed by atoms with Gasteiger partial charge in [0, 0.05) is 38.4 Å². The Morgan fingerprint density at radius 1 is 1.25 bits per heavy atom. The van der Waals surface area contributed by atoms with E-state index < -0.39 is 0 Å². The Balaban J connectivity index is 2.03. The van der Waals surface area contributed by atoms with E-state index in [4.69, 9.17) is 11.6 Å². The molecule has 0 spiro atoms. The third kappa shape index (κ3) is 4.03. The molecule has 0 aliphatic carbocycles. The van der Waals surface area contributed by atoms with E-state index in [0.717, 1.165) is 25.2 Å². The molecule has 0 aliphatic heterocycles. The first kappa shape index (κ1) is 14.5. The summed E-state index contributed by atoms with van der Waals surface area (Å²) in [4.78, 5) is 18.7. The van der Waals surface area contributed by atoms with E-state index in [0.29, 0.717) is 11.9 Å². The van der Waals surface area contributed by atoms with Gasteiger partial charge in [-0.15, -0.1) is 0 Å². The molecule has 0 fully saturated rings. The van der Waals surface area contributed by atoms with Gasteiger partial charge in [0.15, 0.2) is 0 Å². The lowest BCUT2D eigenvalue weighted by Gasteiger charge is -2.17. The van der Waals surface area contributed by atoms with Crippen LogP contribution >= 0.6 is 11.6 Å². The first-order valence-electron chi connectivity index (χ1n) is 6.45. The fourth-order valence-corrected chi connectivity index (χ4v) is 1.83. The highest BCUT2D eigenvalue weighted by Crippen LogP contribution is 2.12. The van der Waals surface area contributed by atoms with Crippen molar-refractivity contribution in [1.29, 1.82) is 0 Å². The number of likely N-dealkylation sites (N-methyl/N-ethyl adjacent to an activating group) is 1. The van der Waals surface area contributed by atoms with E-state index in [1.54, 1.807) is 6.20 Å². The Labute approximate surface area is 123 Å². The maximum absolute atomic E-state index is 5.91. The highest BCUT2D eigenvalue weighted by atomic mass is 35.5. The topological polar surface area (TPSA) is 66.8 Å². The van der Waals surface area contributed by atoms with Crippen LogP contribution in [0.5, 0.6) is 0 Å². The molecule has 20 heavy (non-hydrogen) atoms. The molecule has 0 unspecified atom stereocenters. The van der Waals surface area contributed by atoms with Crippen molar-refractivity contribution in [2.75, 3.05) is 30.4 Å². The molecule has 0 aliphatic rings. The van der Waals surface area contributed by atoms with Crippen LogP contribution in [0.4, 0.5) is 11.9 Å². The maximum Gasteiger partial charge on any atom is 0.231 e. The van der Waals surface area contributed by atoms with Crippen LogP contribution in [0.2, 0.25) is 5.28 Å². The van der Waals surface area contributed by atoms with Crippen molar-refractivity contribution in [2.24, 2.45) is 0 Å². The van der Waals surface area contributed by atoms with Gasteiger partial charge in [-0.1, -0.05) is 6.07 Å². The number of hydrogen-bond donors (Lipinski definition) is 1. The molecule has 2 aromatic rings. The van der Waals surface area contributed by atoms with Crippen molar-refractivity contribution in [3.63, 3.8) is 0 Å². The summed E-state index contributed by atoms with van der Waals surface area (Å²) < 4.78 is 0. The fraction of sp³-hybridized carbons (Fsp3) is 0.385. The van der Waals surface area contributed by atoms with Gasteiger partial charge in [0.1, 0.15) is 0 Å². The normalized spacial score (nSPS) is 10.3. The van der Waals surface area contributed by atoms with Crippen molar-refractivity contribution in [3.05, 3.63) is 35.4 Å². The molecule has 2 aromatic heterocycles. The summed E-state index contributed by atoms with van der Waals surface area (Å²) in [5.74, 6) is 1.05. The monoisotopic (exact) mass is 292 g/mol.